The van der Waals surface area contributed by atoms with Crippen LogP contribution in [0.1, 0.15) is 39.5 Å². The summed E-state index contributed by atoms with van der Waals surface area (Å²) in [7, 11) is 0. The Balaban J connectivity index is 2.29. The van der Waals surface area contributed by atoms with Crippen LogP contribution in [0.15, 0.2) is 23.8 Å². The Labute approximate surface area is 90.8 Å². The molecule has 14 heavy (non-hydrogen) atoms. The van der Waals surface area contributed by atoms with E-state index in [2.05, 4.69) is 26.0 Å². The molecule has 0 spiro atoms. The van der Waals surface area contributed by atoms with Crippen molar-refractivity contribution < 1.29 is 4.79 Å². The van der Waals surface area contributed by atoms with E-state index < -0.39 is 0 Å². The summed E-state index contributed by atoms with van der Waals surface area (Å²) in [6, 6.07) is 0. The normalized spacial score (nSPS) is 20.1. The molecule has 0 radical (unpaired) electrons. The molecule has 0 heterocycles. The van der Waals surface area contributed by atoms with Gasteiger partial charge in [-0.2, -0.15) is 0 Å². The quantitative estimate of drug-likeness (QED) is 0.648. The number of carbonyl (C=O) groups is 1. The van der Waals surface area contributed by atoms with Crippen molar-refractivity contribution in [2.75, 3.05) is 0 Å². The van der Waals surface area contributed by atoms with Crippen LogP contribution in [0, 0.1) is 5.41 Å². The lowest BCUT2D eigenvalue weighted by Gasteiger charge is -2.15. The van der Waals surface area contributed by atoms with E-state index in [1.54, 1.807) is 0 Å². The molecule has 0 fully saturated rings. The van der Waals surface area contributed by atoms with Gasteiger partial charge in [-0.1, -0.05) is 37.6 Å². The van der Waals surface area contributed by atoms with E-state index in [1.807, 2.05) is 6.08 Å². The highest BCUT2D eigenvalue weighted by Crippen LogP contribution is 2.36. The van der Waals surface area contributed by atoms with Crippen molar-refractivity contribution in [2.45, 2.75) is 39.5 Å². The number of carbonyl (C=O) groups excluding carboxylic acids is 1. The fourth-order valence-corrected chi connectivity index (χ4v) is 1.77. The zero-order valence-electron chi connectivity index (χ0n) is 8.85. The molecule has 1 aliphatic rings. The van der Waals surface area contributed by atoms with Crippen LogP contribution < -0.4 is 0 Å². The first-order chi connectivity index (χ1) is 6.49. The first kappa shape index (κ1) is 11.5. The third-order valence-corrected chi connectivity index (χ3v) is 2.63. The smallest absolute Gasteiger partial charge is 0.221 e. The minimum absolute atomic E-state index is 0.254. The maximum absolute atomic E-state index is 10.5. The van der Waals surface area contributed by atoms with Crippen LogP contribution >= 0.6 is 11.6 Å². The van der Waals surface area contributed by atoms with E-state index in [9.17, 15) is 4.79 Å². The van der Waals surface area contributed by atoms with E-state index in [1.165, 1.54) is 5.57 Å². The third-order valence-electron chi connectivity index (χ3n) is 2.44. The Bertz CT molecular complexity index is 274. The van der Waals surface area contributed by atoms with Crippen molar-refractivity contribution in [3.8, 4) is 0 Å². The lowest BCUT2D eigenvalue weighted by Crippen LogP contribution is -2.04. The zero-order valence-corrected chi connectivity index (χ0v) is 9.60. The summed E-state index contributed by atoms with van der Waals surface area (Å²) in [4.78, 5) is 10.5. The molecule has 0 amide bonds. The number of rotatable bonds is 4. The summed E-state index contributed by atoms with van der Waals surface area (Å²) >= 11 is 5.23. The monoisotopic (exact) mass is 212 g/mol. The highest BCUT2D eigenvalue weighted by molar-refractivity contribution is 6.63. The van der Waals surface area contributed by atoms with E-state index in [-0.39, 0.29) is 5.24 Å². The standard InChI is InChI=1S/C12H17ClO/c1-12(2)8-7-10(9-12)5-3-4-6-11(13)14/h3,5,7H,4,6,8-9H2,1-2H3/b5-3+. The predicted octanol–water partition coefficient (Wildman–Crippen LogP) is 3.83. The zero-order chi connectivity index (χ0) is 10.6. The van der Waals surface area contributed by atoms with Gasteiger partial charge in [0, 0.05) is 6.42 Å². The van der Waals surface area contributed by atoms with Gasteiger partial charge in [-0.05, 0) is 36.3 Å². The van der Waals surface area contributed by atoms with Crippen LogP contribution in [0.25, 0.3) is 0 Å². The van der Waals surface area contributed by atoms with E-state index in [0.29, 0.717) is 11.8 Å². The highest BCUT2D eigenvalue weighted by atomic mass is 35.5. The lowest BCUT2D eigenvalue weighted by atomic mass is 9.89. The summed E-state index contributed by atoms with van der Waals surface area (Å²) in [5.41, 5.74) is 1.80. The Kier molecular flexibility index (Phi) is 3.94. The SMILES string of the molecule is CC1(C)CC=C(/C=C/CCC(=O)Cl)C1. The lowest BCUT2D eigenvalue weighted by molar-refractivity contribution is -0.111. The molecule has 2 heteroatoms. The average Bonchev–Trinajstić information content (AvgIpc) is 2.39. The summed E-state index contributed by atoms with van der Waals surface area (Å²) in [5.74, 6) is 0. The maximum Gasteiger partial charge on any atom is 0.221 e. The Morgan fingerprint density at radius 1 is 1.64 bits per heavy atom. The maximum atomic E-state index is 10.5. The molecular formula is C12H17ClO. The molecule has 0 unspecified atom stereocenters. The van der Waals surface area contributed by atoms with E-state index in [0.717, 1.165) is 19.3 Å². The average molecular weight is 213 g/mol. The van der Waals surface area contributed by atoms with Gasteiger partial charge in [0.2, 0.25) is 5.24 Å². The van der Waals surface area contributed by atoms with Crippen LogP contribution in [0.3, 0.4) is 0 Å². The fourth-order valence-electron chi connectivity index (χ4n) is 1.66. The topological polar surface area (TPSA) is 17.1 Å². The minimum Gasteiger partial charge on any atom is -0.281 e. The first-order valence-corrected chi connectivity index (χ1v) is 5.41. The van der Waals surface area contributed by atoms with Crippen LogP contribution in [0.4, 0.5) is 0 Å². The third kappa shape index (κ3) is 4.10. The van der Waals surface area contributed by atoms with Gasteiger partial charge in [0.1, 0.15) is 0 Å². The molecule has 1 rings (SSSR count). The summed E-state index contributed by atoms with van der Waals surface area (Å²) in [6.07, 6.45) is 9.91. The molecule has 1 nitrogen and oxygen atoms in total. The summed E-state index contributed by atoms with van der Waals surface area (Å²) in [5, 5.41) is -0.254. The van der Waals surface area contributed by atoms with Gasteiger partial charge in [0.15, 0.2) is 0 Å². The molecule has 78 valence electrons. The number of halogens is 1. The molecule has 0 aromatic carbocycles. The van der Waals surface area contributed by atoms with Gasteiger partial charge in [-0.3, -0.25) is 4.79 Å². The van der Waals surface area contributed by atoms with Crippen molar-refractivity contribution in [3.05, 3.63) is 23.8 Å². The van der Waals surface area contributed by atoms with E-state index in [4.69, 9.17) is 11.6 Å². The van der Waals surface area contributed by atoms with Crippen molar-refractivity contribution in [2.24, 2.45) is 5.41 Å². The van der Waals surface area contributed by atoms with Crippen molar-refractivity contribution in [1.82, 2.24) is 0 Å². The van der Waals surface area contributed by atoms with Crippen molar-refractivity contribution in [3.63, 3.8) is 0 Å². The molecule has 1 aliphatic carbocycles. The molecule has 0 aromatic heterocycles. The van der Waals surface area contributed by atoms with Crippen LogP contribution in [0.2, 0.25) is 0 Å². The van der Waals surface area contributed by atoms with Gasteiger partial charge >= 0.3 is 0 Å². The van der Waals surface area contributed by atoms with Crippen molar-refractivity contribution in [1.29, 1.82) is 0 Å². The molecule has 0 bridgehead atoms. The second-order valence-corrected chi connectivity index (χ2v) is 5.04. The first-order valence-electron chi connectivity index (χ1n) is 5.03. The molecule has 0 saturated heterocycles. The molecule has 0 aromatic rings. The summed E-state index contributed by atoms with van der Waals surface area (Å²) in [6.45, 7) is 4.54. The van der Waals surface area contributed by atoms with Gasteiger partial charge in [-0.15, -0.1) is 0 Å². The molecule has 0 atom stereocenters. The second kappa shape index (κ2) is 4.79. The number of hydrogen-bond donors (Lipinski definition) is 0. The van der Waals surface area contributed by atoms with Gasteiger partial charge < -0.3 is 0 Å². The minimum atomic E-state index is -0.254. The van der Waals surface area contributed by atoms with Crippen LogP contribution in [-0.2, 0) is 4.79 Å². The predicted molar refractivity (Wildman–Crippen MR) is 60.3 cm³/mol. The van der Waals surface area contributed by atoms with Crippen LogP contribution in [0.5, 0.6) is 0 Å². The summed E-state index contributed by atoms with van der Waals surface area (Å²) < 4.78 is 0. The van der Waals surface area contributed by atoms with E-state index >= 15 is 0 Å². The number of allylic oxidation sites excluding steroid dienone is 4. The molecule has 0 N–H and O–H groups in total. The van der Waals surface area contributed by atoms with Gasteiger partial charge in [0.05, 0.1) is 0 Å². The molecular weight excluding hydrogens is 196 g/mol. The Morgan fingerprint density at radius 3 is 2.86 bits per heavy atom. The molecule has 0 aliphatic heterocycles. The van der Waals surface area contributed by atoms with Crippen molar-refractivity contribution >= 4 is 16.8 Å². The fraction of sp³-hybridized carbons (Fsp3) is 0.583. The van der Waals surface area contributed by atoms with Crippen LogP contribution in [-0.4, -0.2) is 5.24 Å². The second-order valence-electron chi connectivity index (χ2n) is 4.62. The number of hydrogen-bond acceptors (Lipinski definition) is 1. The highest BCUT2D eigenvalue weighted by Gasteiger charge is 2.22. The van der Waals surface area contributed by atoms with Gasteiger partial charge in [0.25, 0.3) is 0 Å². The Morgan fingerprint density at radius 2 is 2.36 bits per heavy atom. The molecule has 0 saturated carbocycles. The van der Waals surface area contributed by atoms with Gasteiger partial charge in [-0.25, -0.2) is 0 Å². The largest absolute Gasteiger partial charge is 0.281 e. The Hall–Kier alpha value is -0.560.